The molecule has 2 atom stereocenters. The maximum absolute atomic E-state index is 12.3. The smallest absolute Gasteiger partial charge is 0.325 e. The predicted octanol–water partition coefficient (Wildman–Crippen LogP) is 0.165. The third-order valence-electron chi connectivity index (χ3n) is 3.82. The van der Waals surface area contributed by atoms with Gasteiger partial charge in [-0.3, -0.25) is 24.0 Å². The summed E-state index contributed by atoms with van der Waals surface area (Å²) >= 11 is 1.61. The van der Waals surface area contributed by atoms with Crippen LogP contribution in [0.1, 0.15) is 39.3 Å². The van der Waals surface area contributed by atoms with E-state index in [1.807, 2.05) is 6.26 Å². The Morgan fingerprint density at radius 2 is 1.59 bits per heavy atom. The van der Waals surface area contributed by atoms with Crippen molar-refractivity contribution in [3.05, 3.63) is 0 Å². The summed E-state index contributed by atoms with van der Waals surface area (Å²) in [6.07, 6.45) is 2.62. The third-order valence-corrected chi connectivity index (χ3v) is 4.47. The molecule has 0 rings (SSSR count). The highest BCUT2D eigenvalue weighted by atomic mass is 32.2. The number of methoxy groups -OCH3 is 1. The average molecular weight is 441 g/mol. The summed E-state index contributed by atoms with van der Waals surface area (Å²) in [5.74, 6) is -1.62. The van der Waals surface area contributed by atoms with Gasteiger partial charge in [-0.2, -0.15) is 11.8 Å². The van der Waals surface area contributed by atoms with Crippen molar-refractivity contribution >= 4 is 41.4 Å². The van der Waals surface area contributed by atoms with E-state index in [-0.39, 0.29) is 49.0 Å². The Kier molecular flexibility index (Phi) is 13.5. The number of rotatable bonds is 13. The van der Waals surface area contributed by atoms with Crippen LogP contribution >= 0.6 is 11.8 Å². The van der Waals surface area contributed by atoms with E-state index in [4.69, 9.17) is 0 Å². The molecule has 174 valence electrons. The van der Waals surface area contributed by atoms with Gasteiger partial charge in [-0.25, -0.2) is 0 Å². The highest BCUT2D eigenvalue weighted by Crippen LogP contribution is 2.06. The fraction of sp³-hybridized carbons (Fsp3) is 0.722. The summed E-state index contributed by atoms with van der Waals surface area (Å²) in [4.78, 5) is 58.7. The average Bonchev–Trinajstić information content (AvgIpc) is 2.67. The second-order valence-electron chi connectivity index (χ2n) is 6.71. The van der Waals surface area contributed by atoms with E-state index in [1.54, 1.807) is 25.6 Å². The molecule has 0 spiro atoms. The van der Waals surface area contributed by atoms with Gasteiger partial charge in [0.15, 0.2) is 0 Å². The summed E-state index contributed by atoms with van der Waals surface area (Å²) < 4.78 is 4.39. The van der Waals surface area contributed by atoms with Crippen molar-refractivity contribution in [2.45, 2.75) is 45.7 Å². The van der Waals surface area contributed by atoms with E-state index >= 15 is 0 Å². The number of hydrogen-bond donors (Lipinski definition) is 4. The predicted molar refractivity (Wildman–Crippen MR) is 118 cm³/mol. The highest BCUT2D eigenvalue weighted by molar-refractivity contribution is 7.98. The van der Waals surface area contributed by atoms with Crippen molar-refractivity contribution in [1.82, 2.24) is 21.3 Å². The minimum Gasteiger partial charge on any atom is -0.468 e. The number of ether oxygens (including phenoxy) is 1. The van der Waals surface area contributed by atoms with Crippen molar-refractivity contribution in [1.29, 1.82) is 0 Å². The molecule has 0 aromatic heterocycles. The normalized spacial score (nSPS) is 12.5. The monoisotopic (exact) mass is 440 g/mol. The highest BCUT2D eigenvalue weighted by Gasteiger charge is 2.21. The van der Waals surface area contributed by atoms with Crippen LogP contribution in [0, 0.1) is 5.92 Å². The molecule has 0 bridgehead atoms. The van der Waals surface area contributed by atoms with Crippen molar-refractivity contribution < 1.29 is 34.4 Å². The molecule has 0 heterocycles. The van der Waals surface area contributed by atoms with Crippen LogP contribution in [-0.2, 0) is 28.7 Å². The lowest BCUT2D eigenvalue weighted by atomic mass is 10.1. The van der Waals surface area contributed by atoms with Gasteiger partial charge in [0, 0.05) is 24.1 Å². The number of thioether (sulfide) groups is 1. The van der Waals surface area contributed by atoms with Gasteiger partial charge in [-0.15, -0.1) is 0 Å². The molecule has 11 heteroatoms. The van der Waals surface area contributed by atoms with Gasteiger partial charge in [0.1, 0.15) is 12.6 Å². The Morgan fingerprint density at radius 1 is 0.931 bits per heavy atom. The van der Waals surface area contributed by atoms with Gasteiger partial charge in [0.25, 0.3) is 0 Å². The van der Waals surface area contributed by atoms with Crippen molar-refractivity contribution in [2.75, 3.05) is 32.2 Å². The number of esters is 1. The lowest BCUT2D eigenvalue weighted by Crippen LogP contribution is -2.49. The molecule has 0 unspecified atom stereocenters. The van der Waals surface area contributed by atoms with E-state index in [0.717, 1.165) is 5.75 Å². The largest absolute Gasteiger partial charge is 0.468 e. The maximum Gasteiger partial charge on any atom is 0.325 e. The van der Waals surface area contributed by atoms with E-state index in [9.17, 15) is 24.0 Å². The van der Waals surface area contributed by atoms with Crippen molar-refractivity contribution in [3.8, 4) is 0 Å². The van der Waals surface area contributed by atoms with Crippen LogP contribution in [0.4, 0.5) is 0 Å². The minimum atomic E-state index is -0.863. The zero-order valence-electron chi connectivity index (χ0n) is 17.6. The number of hydrogen-bond acceptors (Lipinski definition) is 7. The van der Waals surface area contributed by atoms with Crippen molar-refractivity contribution in [2.24, 2.45) is 5.92 Å². The van der Waals surface area contributed by atoms with Gasteiger partial charge in [0.05, 0.1) is 13.7 Å². The second kappa shape index (κ2) is 14.7. The van der Waals surface area contributed by atoms with Gasteiger partial charge in [0.2, 0.25) is 23.6 Å². The molecule has 4 amide bonds. The van der Waals surface area contributed by atoms with Gasteiger partial charge >= 0.3 is 5.97 Å². The van der Waals surface area contributed by atoms with Crippen LogP contribution in [0.3, 0.4) is 0 Å². The first-order chi connectivity index (χ1) is 13.6. The third kappa shape index (κ3) is 12.7. The number of carbonyl (C=O) groups is 5. The molecular weight excluding hydrogens is 400 g/mol. The Balaban J connectivity index is -0.000000653. The Bertz CT molecular complexity index is 602. The van der Waals surface area contributed by atoms with E-state index in [2.05, 4.69) is 26.0 Å². The van der Waals surface area contributed by atoms with E-state index < -0.39 is 23.8 Å². The molecule has 4 N–H and O–H groups in total. The molecule has 0 fully saturated rings. The van der Waals surface area contributed by atoms with Gasteiger partial charge in [-0.05, 0) is 25.4 Å². The summed E-state index contributed by atoms with van der Waals surface area (Å²) in [6.45, 7) is 4.40. The van der Waals surface area contributed by atoms with Crippen LogP contribution < -0.4 is 21.3 Å². The fourth-order valence-corrected chi connectivity index (χ4v) is 2.59. The molecule has 0 aromatic rings. The molecule has 0 saturated heterocycles. The van der Waals surface area contributed by atoms with Crippen LogP contribution in [0.25, 0.3) is 0 Å². The van der Waals surface area contributed by atoms with E-state index in [0.29, 0.717) is 6.42 Å². The second-order valence-corrected chi connectivity index (χ2v) is 7.69. The first-order valence-electron chi connectivity index (χ1n) is 9.30. The quantitative estimate of drug-likeness (QED) is 0.299. The Hall–Kier alpha value is -2.30. The number of carbonyl (C=O) groups excluding carboxylic acids is 5. The van der Waals surface area contributed by atoms with Gasteiger partial charge in [-0.1, -0.05) is 13.8 Å². The lowest BCUT2D eigenvalue weighted by molar-refractivity contribution is -0.141. The first-order valence-corrected chi connectivity index (χ1v) is 10.7. The Labute approximate surface area is 181 Å². The van der Waals surface area contributed by atoms with Crippen molar-refractivity contribution in [3.63, 3.8) is 0 Å². The molecule has 0 aliphatic heterocycles. The molecule has 29 heavy (non-hydrogen) atoms. The molecule has 0 aliphatic rings. The number of nitrogens with one attached hydrogen (secondary N) is 4. The Morgan fingerprint density at radius 3 is 2.14 bits per heavy atom. The molecule has 0 saturated carbocycles. The summed E-state index contributed by atoms with van der Waals surface area (Å²) in [6, 6.07) is -1.19. The standard InChI is InChI=1S/C18H32N4O6S.4H2/c1-11(2)17(26)22-13(6-7-29-5)8-14(23)21-12(3)18(27)20-9-15(24)19-10-16(25)28-4;;;;/h11-13H,6-10H2,1-5H3,(H,19,24)(H,20,27)(H,21,23)(H,22,26);4*1H/t12-,13-;;;;/m0..../s1. The van der Waals surface area contributed by atoms with Crippen LogP contribution in [0.2, 0.25) is 0 Å². The minimum absolute atomic E-state index is 0. The molecule has 0 aromatic carbocycles. The molecule has 0 radical (unpaired) electrons. The summed E-state index contributed by atoms with van der Waals surface area (Å²) in [7, 11) is 1.19. The lowest BCUT2D eigenvalue weighted by Gasteiger charge is -2.21. The number of amides is 4. The van der Waals surface area contributed by atoms with E-state index in [1.165, 1.54) is 14.0 Å². The zero-order chi connectivity index (χ0) is 22.4. The van der Waals surface area contributed by atoms with Crippen LogP contribution in [-0.4, -0.2) is 73.9 Å². The molecule has 0 aliphatic carbocycles. The fourth-order valence-electron chi connectivity index (χ4n) is 2.07. The topological polar surface area (TPSA) is 143 Å². The maximum atomic E-state index is 12.3. The molecular formula is C18H40N4O6S. The van der Waals surface area contributed by atoms with Crippen LogP contribution in [0.5, 0.6) is 0 Å². The van der Waals surface area contributed by atoms with Crippen LogP contribution in [0.15, 0.2) is 0 Å². The zero-order valence-corrected chi connectivity index (χ0v) is 18.4. The summed E-state index contributed by atoms with van der Waals surface area (Å²) in [5.41, 5.74) is 0. The SMILES string of the molecule is COC(=O)CNC(=O)CNC(=O)[C@H](C)NC(=O)C[C@H](CCSC)NC(=O)C(C)C.[HH].[HH].[HH].[HH]. The first kappa shape index (κ1) is 26.7. The van der Waals surface area contributed by atoms with Gasteiger partial charge < -0.3 is 26.0 Å². The summed E-state index contributed by atoms with van der Waals surface area (Å²) in [5, 5.41) is 10.1. The molecule has 10 nitrogen and oxygen atoms in total.